The van der Waals surface area contributed by atoms with Crippen molar-refractivity contribution in [2.24, 2.45) is 5.92 Å². The molecule has 0 aliphatic heterocycles. The summed E-state index contributed by atoms with van der Waals surface area (Å²) in [7, 11) is 1.43. The Balaban J connectivity index is 1.59. The zero-order chi connectivity index (χ0) is 20.3. The van der Waals surface area contributed by atoms with Crippen molar-refractivity contribution in [3.8, 4) is 0 Å². The number of hydrogen-bond acceptors (Lipinski definition) is 5. The number of aryl methyl sites for hydroxylation is 3. The van der Waals surface area contributed by atoms with Crippen LogP contribution in [0.3, 0.4) is 0 Å². The minimum atomic E-state index is -0.290. The van der Waals surface area contributed by atoms with Gasteiger partial charge in [-0.15, -0.1) is 11.3 Å². The molecule has 0 spiro atoms. The van der Waals surface area contributed by atoms with E-state index in [1.807, 2.05) is 11.6 Å². The van der Waals surface area contributed by atoms with E-state index >= 15 is 0 Å². The average molecular weight is 421 g/mol. The minimum Gasteiger partial charge on any atom is -0.465 e. The van der Waals surface area contributed by atoms with Gasteiger partial charge in [0.2, 0.25) is 0 Å². The van der Waals surface area contributed by atoms with Gasteiger partial charge in [-0.1, -0.05) is 6.92 Å². The molecular formula is C20H28N4O2S2. The third-order valence-corrected chi connectivity index (χ3v) is 6.48. The molecule has 2 aromatic rings. The number of thiocarbonyl (C=S) groups is 1. The molecule has 0 amide bonds. The van der Waals surface area contributed by atoms with Crippen LogP contribution in [-0.4, -0.2) is 34.5 Å². The second kappa shape index (κ2) is 9.05. The zero-order valence-electron chi connectivity index (χ0n) is 16.9. The third-order valence-electron chi connectivity index (χ3n) is 5.06. The van der Waals surface area contributed by atoms with Crippen LogP contribution >= 0.6 is 23.6 Å². The maximum absolute atomic E-state index is 12.4. The fourth-order valence-corrected chi connectivity index (χ4v) is 5.31. The fourth-order valence-electron chi connectivity index (χ4n) is 3.64. The molecule has 6 nitrogen and oxygen atoms in total. The second-order valence-electron chi connectivity index (χ2n) is 7.43. The van der Waals surface area contributed by atoms with Gasteiger partial charge in [0.05, 0.1) is 18.4 Å². The number of fused-ring (bicyclic) bond motifs is 1. The van der Waals surface area contributed by atoms with Crippen LogP contribution in [0.4, 0.5) is 5.00 Å². The number of nitrogens with zero attached hydrogens (tertiary/aromatic N) is 2. The highest BCUT2D eigenvalue weighted by Crippen LogP contribution is 2.39. The number of anilines is 1. The predicted octanol–water partition coefficient (Wildman–Crippen LogP) is 3.85. The molecule has 0 aromatic carbocycles. The van der Waals surface area contributed by atoms with Gasteiger partial charge in [0, 0.05) is 23.7 Å². The molecule has 2 aromatic heterocycles. The Morgan fingerprint density at radius 1 is 1.46 bits per heavy atom. The number of esters is 1. The van der Waals surface area contributed by atoms with Gasteiger partial charge < -0.3 is 15.4 Å². The number of carbonyl (C=O) groups excluding carboxylic acids is 1. The lowest BCUT2D eigenvalue weighted by Gasteiger charge is -2.18. The van der Waals surface area contributed by atoms with Gasteiger partial charge in [-0.2, -0.15) is 5.10 Å². The van der Waals surface area contributed by atoms with Gasteiger partial charge in [0.15, 0.2) is 5.11 Å². The van der Waals surface area contributed by atoms with E-state index in [9.17, 15) is 4.79 Å². The van der Waals surface area contributed by atoms with E-state index in [0.717, 1.165) is 55.0 Å². The number of methoxy groups -OCH3 is 1. The van der Waals surface area contributed by atoms with Gasteiger partial charge in [0.25, 0.3) is 0 Å². The fraction of sp³-hybridized carbons (Fsp3) is 0.550. The van der Waals surface area contributed by atoms with Crippen LogP contribution in [0, 0.1) is 19.8 Å². The van der Waals surface area contributed by atoms with E-state index < -0.39 is 0 Å². The van der Waals surface area contributed by atoms with Crippen LogP contribution in [0.5, 0.6) is 0 Å². The topological polar surface area (TPSA) is 68.2 Å². The summed E-state index contributed by atoms with van der Waals surface area (Å²) >= 11 is 7.08. The smallest absolute Gasteiger partial charge is 0.341 e. The molecule has 0 fully saturated rings. The largest absolute Gasteiger partial charge is 0.465 e. The molecular weight excluding hydrogens is 392 g/mol. The van der Waals surface area contributed by atoms with Crippen molar-refractivity contribution in [3.05, 3.63) is 33.5 Å². The monoisotopic (exact) mass is 420 g/mol. The van der Waals surface area contributed by atoms with E-state index in [4.69, 9.17) is 17.0 Å². The highest BCUT2D eigenvalue weighted by Gasteiger charge is 2.28. The van der Waals surface area contributed by atoms with Crippen LogP contribution in [-0.2, 0) is 24.1 Å². The average Bonchev–Trinajstić information content (AvgIpc) is 3.16. The van der Waals surface area contributed by atoms with Gasteiger partial charge in [-0.25, -0.2) is 4.79 Å². The van der Waals surface area contributed by atoms with Crippen LogP contribution < -0.4 is 10.6 Å². The third kappa shape index (κ3) is 4.72. The standard InChI is InChI=1S/C20H28N4O2S2/c1-12-6-7-15-16(10-12)28-18(17(15)19(25)26-4)22-20(27)21-8-5-9-24-14(3)11-13(2)23-24/h11-12H,5-10H2,1-4H3,(H2,21,22,27). The molecule has 0 bridgehead atoms. The first-order chi connectivity index (χ1) is 13.4. The number of rotatable bonds is 6. The summed E-state index contributed by atoms with van der Waals surface area (Å²) in [5.41, 5.74) is 3.99. The molecule has 8 heteroatoms. The quantitative estimate of drug-likeness (QED) is 0.420. The van der Waals surface area contributed by atoms with Gasteiger partial charge in [-0.05, 0) is 69.3 Å². The Hall–Kier alpha value is -1.93. The molecule has 2 heterocycles. The molecule has 28 heavy (non-hydrogen) atoms. The van der Waals surface area contributed by atoms with E-state index in [1.54, 1.807) is 11.3 Å². The minimum absolute atomic E-state index is 0.290. The molecule has 1 unspecified atom stereocenters. The molecule has 1 aliphatic carbocycles. The zero-order valence-corrected chi connectivity index (χ0v) is 18.6. The number of nitrogens with one attached hydrogen (secondary N) is 2. The van der Waals surface area contributed by atoms with Gasteiger partial charge in [-0.3, -0.25) is 4.68 Å². The molecule has 2 N–H and O–H groups in total. The highest BCUT2D eigenvalue weighted by atomic mass is 32.1. The first kappa shape index (κ1) is 20.8. The van der Waals surface area contributed by atoms with Crippen molar-refractivity contribution in [2.45, 2.75) is 53.0 Å². The maximum atomic E-state index is 12.4. The molecule has 0 radical (unpaired) electrons. The Morgan fingerprint density at radius 2 is 2.25 bits per heavy atom. The number of hydrogen-bond donors (Lipinski definition) is 2. The molecule has 0 saturated heterocycles. The van der Waals surface area contributed by atoms with Crippen molar-refractivity contribution in [1.29, 1.82) is 0 Å². The van der Waals surface area contributed by atoms with Crippen molar-refractivity contribution >= 4 is 39.6 Å². The normalized spacial score (nSPS) is 15.8. The molecule has 152 valence electrons. The number of carbonyl (C=O) groups is 1. The van der Waals surface area contributed by atoms with E-state index in [2.05, 4.69) is 35.6 Å². The summed E-state index contributed by atoms with van der Waals surface area (Å²) in [6, 6.07) is 2.08. The van der Waals surface area contributed by atoms with E-state index in [-0.39, 0.29) is 5.97 Å². The predicted molar refractivity (Wildman–Crippen MR) is 117 cm³/mol. The van der Waals surface area contributed by atoms with Crippen LogP contribution in [0.2, 0.25) is 0 Å². The maximum Gasteiger partial charge on any atom is 0.341 e. The van der Waals surface area contributed by atoms with Crippen LogP contribution in [0.25, 0.3) is 0 Å². The summed E-state index contributed by atoms with van der Waals surface area (Å²) < 4.78 is 7.04. The Morgan fingerprint density at radius 3 is 2.93 bits per heavy atom. The number of ether oxygens (including phenoxy) is 1. The van der Waals surface area contributed by atoms with Crippen molar-refractivity contribution in [3.63, 3.8) is 0 Å². The van der Waals surface area contributed by atoms with E-state index in [0.29, 0.717) is 16.6 Å². The Kier molecular flexibility index (Phi) is 6.72. The van der Waals surface area contributed by atoms with Crippen molar-refractivity contribution in [1.82, 2.24) is 15.1 Å². The highest BCUT2D eigenvalue weighted by molar-refractivity contribution is 7.80. The molecule has 3 rings (SSSR count). The first-order valence-electron chi connectivity index (χ1n) is 9.67. The lowest BCUT2D eigenvalue weighted by Crippen LogP contribution is -2.30. The van der Waals surface area contributed by atoms with Crippen molar-refractivity contribution < 1.29 is 9.53 Å². The lowest BCUT2D eigenvalue weighted by molar-refractivity contribution is 0.0601. The molecule has 0 saturated carbocycles. The summed E-state index contributed by atoms with van der Waals surface area (Å²) in [5.74, 6) is 0.353. The SMILES string of the molecule is COC(=O)c1c(NC(=S)NCCCn2nc(C)cc2C)sc2c1CCC(C)C2. The summed E-state index contributed by atoms with van der Waals surface area (Å²) in [4.78, 5) is 13.6. The second-order valence-corrected chi connectivity index (χ2v) is 8.95. The summed E-state index contributed by atoms with van der Waals surface area (Å²) in [6.45, 7) is 7.89. The molecule has 1 atom stereocenters. The lowest BCUT2D eigenvalue weighted by atomic mass is 9.88. The van der Waals surface area contributed by atoms with Gasteiger partial charge >= 0.3 is 5.97 Å². The van der Waals surface area contributed by atoms with Gasteiger partial charge in [0.1, 0.15) is 5.00 Å². The van der Waals surface area contributed by atoms with Crippen LogP contribution in [0.1, 0.15) is 52.0 Å². The summed E-state index contributed by atoms with van der Waals surface area (Å²) in [5, 5.41) is 12.3. The Labute approximate surface area is 175 Å². The first-order valence-corrected chi connectivity index (χ1v) is 10.9. The Bertz CT molecular complexity index is 872. The van der Waals surface area contributed by atoms with E-state index in [1.165, 1.54) is 17.7 Å². The van der Waals surface area contributed by atoms with Crippen LogP contribution in [0.15, 0.2) is 6.07 Å². The molecule has 1 aliphatic rings. The summed E-state index contributed by atoms with van der Waals surface area (Å²) in [6.07, 6.45) is 3.94. The number of thiophene rings is 1. The van der Waals surface area contributed by atoms with Crippen molar-refractivity contribution in [2.75, 3.05) is 19.0 Å². The number of aromatic nitrogens is 2.